The third kappa shape index (κ3) is 6.13. The van der Waals surface area contributed by atoms with E-state index in [1.807, 2.05) is 6.92 Å². The molecule has 2 N–H and O–H groups in total. The van der Waals surface area contributed by atoms with Crippen molar-refractivity contribution in [1.82, 2.24) is 0 Å². The predicted octanol–water partition coefficient (Wildman–Crippen LogP) is 5.43. The van der Waals surface area contributed by atoms with E-state index < -0.39 is 10.0 Å². The lowest BCUT2D eigenvalue weighted by atomic mass is 10.2. The monoisotopic (exact) mass is 478 g/mol. The zero-order valence-electron chi connectivity index (χ0n) is 16.8. The number of hydrogen-bond acceptors (Lipinski definition) is 4. The van der Waals surface area contributed by atoms with Crippen molar-refractivity contribution in [2.24, 2.45) is 0 Å². The predicted molar refractivity (Wildman–Crippen MR) is 124 cm³/mol. The molecule has 0 aliphatic carbocycles. The fraction of sp³-hybridized carbons (Fsp3) is 0.136. The lowest BCUT2D eigenvalue weighted by Crippen LogP contribution is -2.21. The van der Waals surface area contributed by atoms with Crippen LogP contribution in [0.5, 0.6) is 5.75 Å². The molecule has 0 aliphatic heterocycles. The van der Waals surface area contributed by atoms with E-state index in [-0.39, 0.29) is 17.4 Å². The average molecular weight is 479 g/mol. The van der Waals surface area contributed by atoms with E-state index in [0.29, 0.717) is 32.7 Å². The molecule has 0 radical (unpaired) electrons. The lowest BCUT2D eigenvalue weighted by molar-refractivity contribution is -0.118. The Labute approximate surface area is 191 Å². The van der Waals surface area contributed by atoms with Crippen LogP contribution in [0.15, 0.2) is 65.6 Å². The topological polar surface area (TPSA) is 84.5 Å². The second-order valence-electron chi connectivity index (χ2n) is 6.84. The molecule has 0 bridgehead atoms. The van der Waals surface area contributed by atoms with E-state index in [4.69, 9.17) is 27.9 Å². The number of carbonyl (C=O) groups excluding carboxylic acids is 1. The Morgan fingerprint density at radius 3 is 2.23 bits per heavy atom. The van der Waals surface area contributed by atoms with Gasteiger partial charge in [0, 0.05) is 21.4 Å². The van der Waals surface area contributed by atoms with Crippen molar-refractivity contribution in [1.29, 1.82) is 0 Å². The van der Waals surface area contributed by atoms with E-state index in [2.05, 4.69) is 10.0 Å². The Hall–Kier alpha value is -2.74. The van der Waals surface area contributed by atoms with E-state index >= 15 is 0 Å². The minimum absolute atomic E-state index is 0.0774. The summed E-state index contributed by atoms with van der Waals surface area (Å²) in [4.78, 5) is 12.3. The van der Waals surface area contributed by atoms with Crippen LogP contribution in [0, 0.1) is 13.8 Å². The maximum Gasteiger partial charge on any atom is 0.262 e. The molecule has 0 spiro atoms. The quantitative estimate of drug-likeness (QED) is 0.474. The number of rotatable bonds is 7. The Balaban J connectivity index is 1.64. The molecule has 3 rings (SSSR count). The van der Waals surface area contributed by atoms with Crippen LogP contribution in [0.3, 0.4) is 0 Å². The molecule has 162 valence electrons. The van der Waals surface area contributed by atoms with Gasteiger partial charge < -0.3 is 10.1 Å². The van der Waals surface area contributed by atoms with E-state index in [1.54, 1.807) is 49.4 Å². The number of halogens is 2. The van der Waals surface area contributed by atoms with Gasteiger partial charge in [-0.3, -0.25) is 9.52 Å². The van der Waals surface area contributed by atoms with Gasteiger partial charge in [-0.05, 0) is 85.6 Å². The summed E-state index contributed by atoms with van der Waals surface area (Å²) >= 11 is 11.7. The molecule has 0 saturated carbocycles. The number of hydrogen-bond donors (Lipinski definition) is 2. The van der Waals surface area contributed by atoms with E-state index in [0.717, 1.165) is 5.56 Å². The van der Waals surface area contributed by atoms with Crippen molar-refractivity contribution in [2.45, 2.75) is 18.7 Å². The van der Waals surface area contributed by atoms with Gasteiger partial charge in [0.15, 0.2) is 6.61 Å². The minimum Gasteiger partial charge on any atom is -0.483 e. The van der Waals surface area contributed by atoms with E-state index in [9.17, 15) is 13.2 Å². The van der Waals surface area contributed by atoms with Crippen molar-refractivity contribution in [3.8, 4) is 5.75 Å². The van der Waals surface area contributed by atoms with Crippen LogP contribution in [-0.4, -0.2) is 20.9 Å². The Kier molecular flexibility index (Phi) is 7.10. The highest BCUT2D eigenvalue weighted by Gasteiger charge is 2.16. The van der Waals surface area contributed by atoms with Gasteiger partial charge in [0.05, 0.1) is 4.90 Å². The number of anilines is 2. The van der Waals surface area contributed by atoms with Crippen LogP contribution < -0.4 is 14.8 Å². The number of sulfonamides is 1. The van der Waals surface area contributed by atoms with Gasteiger partial charge in [-0.25, -0.2) is 8.42 Å². The summed E-state index contributed by atoms with van der Waals surface area (Å²) in [6.45, 7) is 3.32. The summed E-state index contributed by atoms with van der Waals surface area (Å²) in [5, 5.41) is 3.85. The summed E-state index contributed by atoms with van der Waals surface area (Å²) in [6, 6.07) is 15.9. The van der Waals surface area contributed by atoms with Gasteiger partial charge in [0.25, 0.3) is 15.9 Å². The molecule has 0 aromatic heterocycles. The molecule has 0 unspecified atom stereocenters. The van der Waals surface area contributed by atoms with Gasteiger partial charge in [0.1, 0.15) is 5.75 Å². The molecule has 0 aliphatic rings. The molecule has 0 atom stereocenters. The zero-order valence-corrected chi connectivity index (χ0v) is 19.1. The second kappa shape index (κ2) is 9.60. The normalized spacial score (nSPS) is 11.1. The van der Waals surface area contributed by atoms with Gasteiger partial charge in [-0.15, -0.1) is 0 Å². The maximum absolute atomic E-state index is 12.6. The number of amides is 1. The summed E-state index contributed by atoms with van der Waals surface area (Å²) in [6.07, 6.45) is 0. The highest BCUT2D eigenvalue weighted by Crippen LogP contribution is 2.24. The highest BCUT2D eigenvalue weighted by molar-refractivity contribution is 7.92. The van der Waals surface area contributed by atoms with E-state index in [1.165, 1.54) is 18.2 Å². The van der Waals surface area contributed by atoms with Crippen molar-refractivity contribution in [3.63, 3.8) is 0 Å². The molecule has 6 nitrogen and oxygen atoms in total. The van der Waals surface area contributed by atoms with Crippen LogP contribution in [-0.2, 0) is 14.8 Å². The Bertz CT molecular complexity index is 1210. The van der Waals surface area contributed by atoms with Gasteiger partial charge in [0.2, 0.25) is 0 Å². The van der Waals surface area contributed by atoms with Gasteiger partial charge in [-0.1, -0.05) is 23.2 Å². The molecule has 3 aromatic carbocycles. The zero-order chi connectivity index (χ0) is 22.6. The fourth-order valence-electron chi connectivity index (χ4n) is 2.78. The van der Waals surface area contributed by atoms with Gasteiger partial charge >= 0.3 is 0 Å². The molecule has 0 fully saturated rings. The first kappa shape index (κ1) is 22.9. The van der Waals surface area contributed by atoms with Crippen molar-refractivity contribution >= 4 is 50.5 Å². The first-order valence-electron chi connectivity index (χ1n) is 9.22. The molecular formula is C22H20Cl2N2O4S. The fourth-order valence-corrected chi connectivity index (χ4v) is 4.28. The van der Waals surface area contributed by atoms with Crippen molar-refractivity contribution in [2.75, 3.05) is 16.6 Å². The summed E-state index contributed by atoms with van der Waals surface area (Å²) < 4.78 is 33.3. The number of benzene rings is 3. The number of carbonyl (C=O) groups is 1. The maximum atomic E-state index is 12.6. The van der Waals surface area contributed by atoms with Gasteiger partial charge in [-0.2, -0.15) is 0 Å². The summed E-state index contributed by atoms with van der Waals surface area (Å²) in [5.41, 5.74) is 2.45. The molecule has 31 heavy (non-hydrogen) atoms. The molecular weight excluding hydrogens is 459 g/mol. The summed E-state index contributed by atoms with van der Waals surface area (Å²) in [5.74, 6) is 0.0688. The lowest BCUT2D eigenvalue weighted by Gasteiger charge is -2.13. The SMILES string of the molecule is Cc1cc(Cl)ccc1NC(=O)COc1ccc(S(=O)(=O)Nc2ccc(Cl)cc2)cc1C. The summed E-state index contributed by atoms with van der Waals surface area (Å²) in [7, 11) is -3.78. The highest BCUT2D eigenvalue weighted by atomic mass is 35.5. The smallest absolute Gasteiger partial charge is 0.262 e. The van der Waals surface area contributed by atoms with Crippen molar-refractivity contribution in [3.05, 3.63) is 81.8 Å². The largest absolute Gasteiger partial charge is 0.483 e. The second-order valence-corrected chi connectivity index (χ2v) is 9.39. The number of nitrogens with one attached hydrogen (secondary N) is 2. The number of aryl methyl sites for hydroxylation is 2. The van der Waals surface area contributed by atoms with Crippen LogP contribution >= 0.6 is 23.2 Å². The van der Waals surface area contributed by atoms with Crippen LogP contribution in [0.1, 0.15) is 11.1 Å². The number of ether oxygens (including phenoxy) is 1. The average Bonchev–Trinajstić information content (AvgIpc) is 2.70. The van der Waals surface area contributed by atoms with Crippen LogP contribution in [0.2, 0.25) is 10.0 Å². The molecule has 0 heterocycles. The standard InChI is InChI=1S/C22H20Cl2N2O4S/c1-14-11-17(24)5-9-20(14)25-22(27)13-30-21-10-8-19(12-15(21)2)31(28,29)26-18-6-3-16(23)4-7-18/h3-12,26H,13H2,1-2H3,(H,25,27). The van der Waals surface area contributed by atoms with Crippen molar-refractivity contribution < 1.29 is 17.9 Å². The third-order valence-corrected chi connectivity index (χ3v) is 6.24. The molecule has 9 heteroatoms. The van der Waals surface area contributed by atoms with Crippen LogP contribution in [0.4, 0.5) is 11.4 Å². The Morgan fingerprint density at radius 2 is 1.58 bits per heavy atom. The Morgan fingerprint density at radius 1 is 0.903 bits per heavy atom. The first-order chi connectivity index (χ1) is 14.6. The minimum atomic E-state index is -3.78. The molecule has 3 aromatic rings. The molecule has 1 amide bonds. The third-order valence-electron chi connectivity index (χ3n) is 4.37. The molecule has 0 saturated heterocycles. The van der Waals surface area contributed by atoms with Crippen LogP contribution in [0.25, 0.3) is 0 Å². The first-order valence-corrected chi connectivity index (χ1v) is 11.5.